The highest BCUT2D eigenvalue weighted by Gasteiger charge is 2.30. The van der Waals surface area contributed by atoms with Gasteiger partial charge >= 0.3 is 0 Å². The largest absolute Gasteiger partial charge is 0.542 e. The third-order valence-electron chi connectivity index (χ3n) is 4.18. The van der Waals surface area contributed by atoms with E-state index < -0.39 is 18.3 Å². The molecule has 4 nitrogen and oxygen atoms in total. The highest BCUT2D eigenvalue weighted by Crippen LogP contribution is 2.35. The van der Waals surface area contributed by atoms with Crippen LogP contribution in [0.4, 0.5) is 5.69 Å². The van der Waals surface area contributed by atoms with Crippen molar-refractivity contribution in [2.45, 2.75) is 31.0 Å². The van der Waals surface area contributed by atoms with Crippen molar-refractivity contribution in [1.29, 1.82) is 0 Å². The molecular weight excluding hydrogens is 350 g/mol. The van der Waals surface area contributed by atoms with Crippen LogP contribution in [0.3, 0.4) is 0 Å². The van der Waals surface area contributed by atoms with Gasteiger partial charge in [0.05, 0.1) is 17.1 Å². The maximum atomic E-state index is 13.2. The molecule has 2 aromatic rings. The molecule has 0 radical (unpaired) electrons. The number of rotatable bonds is 2. The van der Waals surface area contributed by atoms with Gasteiger partial charge in [-0.2, -0.15) is 0 Å². The van der Waals surface area contributed by atoms with Gasteiger partial charge < -0.3 is 4.43 Å². The van der Waals surface area contributed by atoms with Gasteiger partial charge in [-0.05, 0) is 50.3 Å². The molecule has 132 valence electrons. The Morgan fingerprint density at radius 3 is 2.40 bits per heavy atom. The second-order valence-corrected chi connectivity index (χ2v) is 12.8. The minimum Gasteiger partial charge on any atom is -0.542 e. The Morgan fingerprint density at radius 1 is 1.00 bits per heavy atom. The first kappa shape index (κ1) is 17.8. The molecule has 25 heavy (non-hydrogen) atoms. The lowest BCUT2D eigenvalue weighted by Crippen LogP contribution is -2.34. The van der Waals surface area contributed by atoms with E-state index >= 15 is 0 Å². The van der Waals surface area contributed by atoms with Crippen LogP contribution >= 0.6 is 0 Å². The standard InChI is InChI=1S/C19H23NO3SSi/c1-16-10-12-17(13-11-16)24(21,22)20-14-6-7-15-25(2,3)23-19-9-5-4-8-18(19)20/h4-13H,14-15H2,1-3H3/b7-6-. The van der Waals surface area contributed by atoms with E-state index in [9.17, 15) is 8.42 Å². The fourth-order valence-corrected chi connectivity index (χ4v) is 5.80. The number of benzene rings is 2. The van der Waals surface area contributed by atoms with Crippen LogP contribution in [0, 0.1) is 6.92 Å². The number of allylic oxidation sites excluding steroid dienone is 1. The predicted molar refractivity (Wildman–Crippen MR) is 104 cm³/mol. The van der Waals surface area contributed by atoms with Gasteiger partial charge in [0.15, 0.2) is 0 Å². The summed E-state index contributed by atoms with van der Waals surface area (Å²) in [5.74, 6) is 0.638. The molecule has 0 aliphatic carbocycles. The average Bonchev–Trinajstić information content (AvgIpc) is 2.61. The second kappa shape index (κ2) is 6.69. The molecule has 0 saturated heterocycles. The number of nitrogens with zero attached hydrogens (tertiary/aromatic N) is 1. The zero-order chi connectivity index (χ0) is 18.1. The molecule has 0 N–H and O–H groups in total. The molecule has 1 aliphatic heterocycles. The Labute approximate surface area is 150 Å². The summed E-state index contributed by atoms with van der Waals surface area (Å²) in [5.41, 5.74) is 1.62. The SMILES string of the molecule is Cc1ccc(S(=O)(=O)N2C/C=C\C[Si](C)(C)Oc3ccccc32)cc1. The van der Waals surface area contributed by atoms with E-state index in [1.807, 2.05) is 55.5 Å². The minimum atomic E-state index is -3.67. The number of fused-ring (bicyclic) bond motifs is 1. The number of hydrogen-bond donors (Lipinski definition) is 0. The monoisotopic (exact) mass is 373 g/mol. The molecular formula is C19H23NO3SSi. The van der Waals surface area contributed by atoms with Crippen LogP contribution in [0.15, 0.2) is 65.6 Å². The summed E-state index contributed by atoms with van der Waals surface area (Å²) in [6.45, 7) is 6.51. The van der Waals surface area contributed by atoms with E-state index in [2.05, 4.69) is 13.1 Å². The van der Waals surface area contributed by atoms with Crippen molar-refractivity contribution in [2.24, 2.45) is 0 Å². The fourth-order valence-electron chi connectivity index (χ4n) is 2.79. The van der Waals surface area contributed by atoms with Crippen molar-refractivity contribution in [1.82, 2.24) is 0 Å². The topological polar surface area (TPSA) is 46.6 Å². The summed E-state index contributed by atoms with van der Waals surface area (Å²) in [7, 11) is -5.61. The van der Waals surface area contributed by atoms with Crippen molar-refractivity contribution >= 4 is 24.0 Å². The Kier molecular flexibility index (Phi) is 4.75. The first-order chi connectivity index (χ1) is 11.8. The summed E-state index contributed by atoms with van der Waals surface area (Å²) in [5, 5.41) is 0. The number of hydrogen-bond acceptors (Lipinski definition) is 3. The third kappa shape index (κ3) is 3.80. The number of anilines is 1. The molecule has 3 rings (SSSR count). The summed E-state index contributed by atoms with van der Waals surface area (Å²) < 4.78 is 34.2. The smallest absolute Gasteiger partial charge is 0.264 e. The van der Waals surface area contributed by atoms with E-state index in [0.717, 1.165) is 11.6 Å². The molecule has 0 unspecified atom stereocenters. The van der Waals surface area contributed by atoms with Gasteiger partial charge in [-0.3, -0.25) is 4.31 Å². The second-order valence-electron chi connectivity index (χ2n) is 6.85. The Morgan fingerprint density at radius 2 is 1.68 bits per heavy atom. The van der Waals surface area contributed by atoms with Gasteiger partial charge in [0, 0.05) is 0 Å². The molecule has 1 heterocycles. The Balaban J connectivity index is 2.12. The van der Waals surface area contributed by atoms with E-state index in [0.29, 0.717) is 18.0 Å². The van der Waals surface area contributed by atoms with Crippen LogP contribution < -0.4 is 8.73 Å². The summed E-state index contributed by atoms with van der Waals surface area (Å²) in [6.07, 6.45) is 3.96. The number of sulfonamides is 1. The lowest BCUT2D eigenvalue weighted by molar-refractivity contribution is 0.551. The molecule has 2 aromatic carbocycles. The van der Waals surface area contributed by atoms with Crippen LogP contribution in [0.2, 0.25) is 19.1 Å². The quantitative estimate of drug-likeness (QED) is 0.581. The molecule has 0 amide bonds. The summed E-state index contributed by atoms with van der Waals surface area (Å²) >= 11 is 0. The Bertz CT molecular complexity index is 889. The highest BCUT2D eigenvalue weighted by atomic mass is 32.2. The molecule has 0 saturated carbocycles. The predicted octanol–water partition coefficient (Wildman–Crippen LogP) is 4.34. The van der Waals surface area contributed by atoms with Crippen LogP contribution in [0.1, 0.15) is 5.56 Å². The van der Waals surface area contributed by atoms with Gasteiger partial charge in [-0.1, -0.05) is 42.0 Å². The minimum absolute atomic E-state index is 0.289. The van der Waals surface area contributed by atoms with Crippen molar-refractivity contribution in [3.8, 4) is 5.75 Å². The number of para-hydroxylation sites is 2. The van der Waals surface area contributed by atoms with Crippen LogP contribution in [0.5, 0.6) is 5.75 Å². The lowest BCUT2D eigenvalue weighted by atomic mass is 10.2. The van der Waals surface area contributed by atoms with Crippen molar-refractivity contribution in [3.63, 3.8) is 0 Å². The van der Waals surface area contributed by atoms with Crippen LogP contribution in [0.25, 0.3) is 0 Å². The molecule has 1 aliphatic rings. The zero-order valence-electron chi connectivity index (χ0n) is 14.8. The first-order valence-corrected chi connectivity index (χ1v) is 12.9. The van der Waals surface area contributed by atoms with Gasteiger partial charge in [0.25, 0.3) is 10.0 Å². The van der Waals surface area contributed by atoms with Crippen molar-refractivity contribution in [2.75, 3.05) is 10.8 Å². The average molecular weight is 374 g/mol. The molecule has 0 aromatic heterocycles. The molecule has 0 fully saturated rings. The van der Waals surface area contributed by atoms with Gasteiger partial charge in [0.1, 0.15) is 5.75 Å². The van der Waals surface area contributed by atoms with Crippen molar-refractivity contribution < 1.29 is 12.8 Å². The van der Waals surface area contributed by atoms with Gasteiger partial charge in [-0.25, -0.2) is 8.42 Å². The van der Waals surface area contributed by atoms with E-state index in [1.54, 1.807) is 12.1 Å². The molecule has 0 bridgehead atoms. The normalized spacial score (nSPS) is 18.3. The maximum absolute atomic E-state index is 13.2. The lowest BCUT2D eigenvalue weighted by Gasteiger charge is -2.28. The van der Waals surface area contributed by atoms with E-state index in [1.165, 1.54) is 4.31 Å². The summed E-state index contributed by atoms with van der Waals surface area (Å²) in [6, 6.07) is 15.2. The van der Waals surface area contributed by atoms with Gasteiger partial charge in [0.2, 0.25) is 8.32 Å². The van der Waals surface area contributed by atoms with Gasteiger partial charge in [-0.15, -0.1) is 0 Å². The Hall–Kier alpha value is -2.05. The molecule has 0 spiro atoms. The first-order valence-electron chi connectivity index (χ1n) is 8.32. The van der Waals surface area contributed by atoms with Crippen LogP contribution in [-0.4, -0.2) is 23.3 Å². The zero-order valence-corrected chi connectivity index (χ0v) is 16.6. The molecule has 0 atom stereocenters. The van der Waals surface area contributed by atoms with E-state index in [4.69, 9.17) is 4.43 Å². The maximum Gasteiger partial charge on any atom is 0.264 e. The number of aryl methyl sites for hydroxylation is 1. The summed E-state index contributed by atoms with van der Waals surface area (Å²) in [4.78, 5) is 0.289. The third-order valence-corrected chi connectivity index (χ3v) is 7.96. The van der Waals surface area contributed by atoms with E-state index in [-0.39, 0.29) is 4.90 Å². The molecule has 6 heteroatoms. The highest BCUT2D eigenvalue weighted by molar-refractivity contribution is 7.92. The fraction of sp³-hybridized carbons (Fsp3) is 0.263. The van der Waals surface area contributed by atoms with Crippen LogP contribution in [-0.2, 0) is 10.0 Å². The van der Waals surface area contributed by atoms with Crippen molar-refractivity contribution in [3.05, 3.63) is 66.2 Å².